The van der Waals surface area contributed by atoms with Gasteiger partial charge in [-0.05, 0) is 42.0 Å². The van der Waals surface area contributed by atoms with Crippen LogP contribution < -0.4 is 11.0 Å². The summed E-state index contributed by atoms with van der Waals surface area (Å²) in [5.74, 6) is -0.839. The molecule has 0 aliphatic carbocycles. The Morgan fingerprint density at radius 2 is 1.79 bits per heavy atom. The normalized spacial score (nSPS) is 12.1. The number of carbonyl (C=O) groups excluding carboxylic acids is 1. The van der Waals surface area contributed by atoms with Crippen molar-refractivity contribution in [3.05, 3.63) is 69.6 Å². The van der Waals surface area contributed by atoms with Gasteiger partial charge in [0.2, 0.25) is 0 Å². The van der Waals surface area contributed by atoms with Crippen molar-refractivity contribution in [3.8, 4) is 6.07 Å². The molecule has 0 spiro atoms. The SMILES string of the molecule is Cn1c(=O)n(C)c2cc(/C=C(/C#N)C(=O)Nc3cccc(C(F)(F)F)c3)ccc21. The van der Waals surface area contributed by atoms with E-state index in [0.29, 0.717) is 16.6 Å². The molecular weight excluding hydrogens is 385 g/mol. The topological polar surface area (TPSA) is 79.8 Å². The van der Waals surface area contributed by atoms with Gasteiger partial charge in [-0.25, -0.2) is 4.79 Å². The van der Waals surface area contributed by atoms with Gasteiger partial charge in [0.25, 0.3) is 5.91 Å². The highest BCUT2D eigenvalue weighted by Crippen LogP contribution is 2.30. The molecule has 0 unspecified atom stereocenters. The molecular formula is C20H15F3N4O2. The first kappa shape index (κ1) is 19.9. The van der Waals surface area contributed by atoms with Crippen molar-refractivity contribution in [3.63, 3.8) is 0 Å². The van der Waals surface area contributed by atoms with Crippen LogP contribution in [0.2, 0.25) is 0 Å². The number of aryl methyl sites for hydroxylation is 2. The van der Waals surface area contributed by atoms with Gasteiger partial charge in [0, 0.05) is 19.8 Å². The number of hydrogen-bond acceptors (Lipinski definition) is 3. The number of nitrogens with zero attached hydrogens (tertiary/aromatic N) is 3. The minimum Gasteiger partial charge on any atom is -0.321 e. The van der Waals surface area contributed by atoms with Crippen LogP contribution in [0.25, 0.3) is 17.1 Å². The minimum atomic E-state index is -4.55. The van der Waals surface area contributed by atoms with Crippen LogP contribution in [0.15, 0.2) is 52.8 Å². The smallest absolute Gasteiger partial charge is 0.321 e. The van der Waals surface area contributed by atoms with Gasteiger partial charge in [-0.15, -0.1) is 0 Å². The maximum atomic E-state index is 12.8. The number of nitrogens with one attached hydrogen (secondary N) is 1. The predicted molar refractivity (Wildman–Crippen MR) is 102 cm³/mol. The van der Waals surface area contributed by atoms with Crippen molar-refractivity contribution in [2.75, 3.05) is 5.32 Å². The lowest BCUT2D eigenvalue weighted by Gasteiger charge is -2.09. The van der Waals surface area contributed by atoms with E-state index < -0.39 is 17.6 Å². The first-order valence-electron chi connectivity index (χ1n) is 8.37. The molecule has 0 radical (unpaired) electrons. The quantitative estimate of drug-likeness (QED) is 0.540. The van der Waals surface area contributed by atoms with E-state index in [-0.39, 0.29) is 17.0 Å². The number of alkyl halides is 3. The average Bonchev–Trinajstić information content (AvgIpc) is 2.89. The Kier molecular flexibility index (Phi) is 5.03. The fourth-order valence-electron chi connectivity index (χ4n) is 2.90. The Morgan fingerprint density at radius 1 is 1.10 bits per heavy atom. The zero-order valence-electron chi connectivity index (χ0n) is 15.4. The van der Waals surface area contributed by atoms with Crippen molar-refractivity contribution < 1.29 is 18.0 Å². The molecule has 3 aromatic rings. The van der Waals surface area contributed by atoms with Crippen LogP contribution in [0, 0.1) is 11.3 Å². The summed E-state index contributed by atoms with van der Waals surface area (Å²) in [7, 11) is 3.23. The molecule has 0 aliphatic rings. The maximum absolute atomic E-state index is 12.8. The predicted octanol–water partition coefficient (Wildman–Crippen LogP) is 3.44. The monoisotopic (exact) mass is 400 g/mol. The summed E-state index contributed by atoms with van der Waals surface area (Å²) >= 11 is 0. The number of aromatic nitrogens is 2. The molecule has 0 aliphatic heterocycles. The van der Waals surface area contributed by atoms with E-state index in [1.54, 1.807) is 38.4 Å². The Balaban J connectivity index is 1.91. The second-order valence-electron chi connectivity index (χ2n) is 6.35. The standard InChI is InChI=1S/C20H15F3N4O2/c1-26-16-7-6-12(9-17(16)27(2)19(26)29)8-13(11-24)18(28)25-15-5-3-4-14(10-15)20(21,22)23/h3-10H,1-2H3,(H,25,28)/b13-8-. The lowest BCUT2D eigenvalue weighted by Crippen LogP contribution is -2.19. The molecule has 1 N–H and O–H groups in total. The molecule has 0 saturated heterocycles. The summed E-state index contributed by atoms with van der Waals surface area (Å²) < 4.78 is 41.3. The van der Waals surface area contributed by atoms with E-state index in [4.69, 9.17) is 0 Å². The molecule has 2 aromatic carbocycles. The number of anilines is 1. The second-order valence-corrected chi connectivity index (χ2v) is 6.35. The van der Waals surface area contributed by atoms with Crippen LogP contribution in [0.4, 0.5) is 18.9 Å². The van der Waals surface area contributed by atoms with Crippen LogP contribution in [0.5, 0.6) is 0 Å². The molecule has 1 amide bonds. The van der Waals surface area contributed by atoms with Gasteiger partial charge < -0.3 is 5.32 Å². The van der Waals surface area contributed by atoms with E-state index in [1.807, 2.05) is 0 Å². The molecule has 1 heterocycles. The van der Waals surface area contributed by atoms with E-state index in [0.717, 1.165) is 18.2 Å². The van der Waals surface area contributed by atoms with E-state index >= 15 is 0 Å². The lowest BCUT2D eigenvalue weighted by atomic mass is 10.1. The minimum absolute atomic E-state index is 0.0770. The fourth-order valence-corrected chi connectivity index (χ4v) is 2.90. The Hall–Kier alpha value is -3.80. The summed E-state index contributed by atoms with van der Waals surface area (Å²) in [6.07, 6.45) is -3.24. The van der Waals surface area contributed by atoms with Gasteiger partial charge in [-0.3, -0.25) is 13.9 Å². The zero-order valence-corrected chi connectivity index (χ0v) is 15.4. The van der Waals surface area contributed by atoms with Gasteiger partial charge in [-0.2, -0.15) is 18.4 Å². The van der Waals surface area contributed by atoms with Gasteiger partial charge in [-0.1, -0.05) is 12.1 Å². The highest BCUT2D eigenvalue weighted by molar-refractivity contribution is 6.09. The maximum Gasteiger partial charge on any atom is 0.416 e. The van der Waals surface area contributed by atoms with Crippen molar-refractivity contribution >= 4 is 28.7 Å². The van der Waals surface area contributed by atoms with Gasteiger partial charge in [0.15, 0.2) is 0 Å². The molecule has 0 saturated carbocycles. The Labute approximate surface area is 163 Å². The Bertz CT molecular complexity index is 1240. The van der Waals surface area contributed by atoms with Gasteiger partial charge in [0.1, 0.15) is 11.6 Å². The lowest BCUT2D eigenvalue weighted by molar-refractivity contribution is -0.137. The number of carbonyl (C=O) groups is 1. The number of amides is 1. The average molecular weight is 400 g/mol. The molecule has 0 fully saturated rings. The third kappa shape index (κ3) is 3.91. The van der Waals surface area contributed by atoms with Crippen molar-refractivity contribution in [2.45, 2.75) is 6.18 Å². The zero-order chi connectivity index (χ0) is 21.3. The summed E-state index contributed by atoms with van der Waals surface area (Å²) in [6, 6.07) is 10.9. The highest BCUT2D eigenvalue weighted by atomic mass is 19.4. The third-order valence-corrected chi connectivity index (χ3v) is 4.42. The number of imidazole rings is 1. The molecule has 1 aromatic heterocycles. The second kappa shape index (κ2) is 7.31. The van der Waals surface area contributed by atoms with Crippen molar-refractivity contribution in [1.29, 1.82) is 5.26 Å². The first-order chi connectivity index (χ1) is 13.6. The number of halogens is 3. The van der Waals surface area contributed by atoms with E-state index in [1.165, 1.54) is 21.3 Å². The van der Waals surface area contributed by atoms with Crippen molar-refractivity contribution in [1.82, 2.24) is 9.13 Å². The molecule has 9 heteroatoms. The summed E-state index contributed by atoms with van der Waals surface area (Å²) in [4.78, 5) is 24.4. The number of benzene rings is 2. The molecule has 3 rings (SSSR count). The van der Waals surface area contributed by atoms with Crippen molar-refractivity contribution in [2.24, 2.45) is 14.1 Å². The summed E-state index contributed by atoms with van der Waals surface area (Å²) in [5.41, 5.74) is 0.296. The molecule has 0 atom stereocenters. The summed E-state index contributed by atoms with van der Waals surface area (Å²) in [5, 5.41) is 11.6. The molecule has 0 bridgehead atoms. The van der Waals surface area contributed by atoms with Gasteiger partial charge in [0.05, 0.1) is 16.6 Å². The summed E-state index contributed by atoms with van der Waals surface area (Å²) in [6.45, 7) is 0. The van der Waals surface area contributed by atoms with Crippen LogP contribution in [-0.4, -0.2) is 15.0 Å². The van der Waals surface area contributed by atoms with Crippen LogP contribution in [0.3, 0.4) is 0 Å². The van der Waals surface area contributed by atoms with Crippen LogP contribution >= 0.6 is 0 Å². The number of fused-ring (bicyclic) bond motifs is 1. The van der Waals surface area contributed by atoms with Gasteiger partial charge >= 0.3 is 11.9 Å². The fraction of sp³-hybridized carbons (Fsp3) is 0.150. The largest absolute Gasteiger partial charge is 0.416 e. The first-order valence-corrected chi connectivity index (χ1v) is 8.37. The number of rotatable bonds is 3. The number of nitriles is 1. The third-order valence-electron chi connectivity index (χ3n) is 4.42. The highest BCUT2D eigenvalue weighted by Gasteiger charge is 2.30. The molecule has 148 valence electrons. The van der Waals surface area contributed by atoms with Crippen LogP contribution in [-0.2, 0) is 25.1 Å². The molecule has 29 heavy (non-hydrogen) atoms. The molecule has 6 nitrogen and oxygen atoms in total. The Morgan fingerprint density at radius 3 is 2.45 bits per heavy atom. The van der Waals surface area contributed by atoms with Crippen LogP contribution in [0.1, 0.15) is 11.1 Å². The van der Waals surface area contributed by atoms with E-state index in [2.05, 4.69) is 5.32 Å². The number of hydrogen-bond donors (Lipinski definition) is 1. The van der Waals surface area contributed by atoms with E-state index in [9.17, 15) is 28.0 Å².